The first-order chi connectivity index (χ1) is 11.2. The third-order valence-electron chi connectivity index (χ3n) is 3.14. The van der Waals surface area contributed by atoms with Gasteiger partial charge in [-0.2, -0.15) is 8.42 Å². The molecule has 3 N–H and O–H groups in total. The van der Waals surface area contributed by atoms with Gasteiger partial charge in [-0.15, -0.1) is 6.58 Å². The van der Waals surface area contributed by atoms with Crippen LogP contribution in [0, 0.1) is 0 Å². The van der Waals surface area contributed by atoms with Gasteiger partial charge in [0.25, 0.3) is 10.1 Å². The van der Waals surface area contributed by atoms with Crippen molar-refractivity contribution in [3.05, 3.63) is 12.7 Å². The second kappa shape index (κ2) is 13.4. The summed E-state index contributed by atoms with van der Waals surface area (Å²) >= 11 is 0. The average molecular weight is 401 g/mol. The van der Waals surface area contributed by atoms with E-state index in [1.54, 1.807) is 0 Å². The van der Waals surface area contributed by atoms with E-state index in [-0.39, 0.29) is 25.4 Å². The Labute approximate surface area is 144 Å². The molecular weight excluding hydrogens is 376 g/mol. The van der Waals surface area contributed by atoms with Gasteiger partial charge in [0.1, 0.15) is 11.9 Å². The Hall–Kier alpha value is -0.810. The molecule has 152 valence electrons. The molecule has 0 heterocycles. The molecule has 0 rings (SSSR count). The quantitative estimate of drug-likeness (QED) is 0.207. The lowest BCUT2D eigenvalue weighted by atomic mass is 10.0. The highest BCUT2D eigenvalue weighted by Crippen LogP contribution is 2.24. The number of unbranched alkanes of at least 4 members (excludes halogenated alkanes) is 2. The molecule has 0 aliphatic rings. The van der Waals surface area contributed by atoms with Crippen LogP contribution >= 0.6 is 0 Å². The van der Waals surface area contributed by atoms with Crippen molar-refractivity contribution in [3.63, 3.8) is 0 Å². The van der Waals surface area contributed by atoms with Crippen LogP contribution in [0.15, 0.2) is 12.7 Å². The van der Waals surface area contributed by atoms with Crippen molar-refractivity contribution in [2.24, 2.45) is 0 Å². The fourth-order valence-electron chi connectivity index (χ4n) is 1.83. The fourth-order valence-corrected chi connectivity index (χ4v) is 2.80. The van der Waals surface area contributed by atoms with Crippen molar-refractivity contribution >= 4 is 10.1 Å². The Morgan fingerprint density at radius 3 is 2.00 bits per heavy atom. The molecule has 0 aromatic heterocycles. The number of alkyl halides is 6. The molecule has 5 unspecified atom stereocenters. The Balaban J connectivity index is 0. The van der Waals surface area contributed by atoms with Gasteiger partial charge in [-0.1, -0.05) is 18.9 Å². The van der Waals surface area contributed by atoms with E-state index in [4.69, 9.17) is 0 Å². The van der Waals surface area contributed by atoms with Crippen LogP contribution < -0.4 is 6.15 Å². The summed E-state index contributed by atoms with van der Waals surface area (Å²) in [6.07, 6.45) is -13.5. The zero-order valence-electron chi connectivity index (χ0n) is 13.7. The van der Waals surface area contributed by atoms with Crippen molar-refractivity contribution in [3.8, 4) is 0 Å². The van der Waals surface area contributed by atoms with Crippen LogP contribution in [0.1, 0.15) is 25.7 Å². The summed E-state index contributed by atoms with van der Waals surface area (Å²) in [6, 6.07) is 0. The Bertz CT molecular complexity index is 454. The third-order valence-corrected chi connectivity index (χ3v) is 4.36. The second-order valence-corrected chi connectivity index (χ2v) is 6.89. The first-order valence-electron chi connectivity index (χ1n) is 7.40. The lowest BCUT2D eigenvalue weighted by molar-refractivity contribution is 0.00335. The third kappa shape index (κ3) is 10.7. The number of hydrogen-bond donors (Lipinski definition) is 1. The fraction of sp³-hybridized carbons (Fsp3) is 0.857. The number of halogens is 6. The molecule has 0 aliphatic carbocycles. The van der Waals surface area contributed by atoms with Gasteiger partial charge in [-0.25, -0.2) is 22.0 Å². The van der Waals surface area contributed by atoms with Gasteiger partial charge in [0, 0.05) is 0 Å². The summed E-state index contributed by atoms with van der Waals surface area (Å²) in [4.78, 5) is 0. The van der Waals surface area contributed by atoms with E-state index in [2.05, 4.69) is 10.8 Å². The molecule has 0 aliphatic heterocycles. The maximum atomic E-state index is 13.6. The van der Waals surface area contributed by atoms with Gasteiger partial charge in [0.05, 0.1) is 13.3 Å². The van der Waals surface area contributed by atoms with E-state index >= 15 is 0 Å². The van der Waals surface area contributed by atoms with Crippen LogP contribution in [0.2, 0.25) is 0 Å². The SMILES string of the molecule is C=CCOS(=O)(=O)CC(F)C(F)C(F)C(F)C(F)CCCCCF.N. The molecule has 4 nitrogen and oxygen atoms in total. The van der Waals surface area contributed by atoms with E-state index in [1.165, 1.54) is 0 Å². The minimum absolute atomic E-state index is 0. The summed E-state index contributed by atoms with van der Waals surface area (Å²) < 4.78 is 106. The van der Waals surface area contributed by atoms with Gasteiger partial charge < -0.3 is 6.15 Å². The van der Waals surface area contributed by atoms with Gasteiger partial charge in [-0.3, -0.25) is 8.57 Å². The summed E-state index contributed by atoms with van der Waals surface area (Å²) in [5.41, 5.74) is 0. The molecule has 0 aromatic rings. The predicted molar refractivity (Wildman–Crippen MR) is 83.9 cm³/mol. The Morgan fingerprint density at radius 2 is 1.48 bits per heavy atom. The molecule has 0 aromatic carbocycles. The summed E-state index contributed by atoms with van der Waals surface area (Å²) in [5.74, 6) is -1.53. The van der Waals surface area contributed by atoms with Gasteiger partial charge >= 0.3 is 0 Å². The molecule has 5 atom stereocenters. The first kappa shape index (κ1) is 26.4. The minimum atomic E-state index is -4.49. The lowest BCUT2D eigenvalue weighted by Gasteiger charge is -2.22. The van der Waals surface area contributed by atoms with Crippen LogP contribution in [-0.2, 0) is 14.3 Å². The van der Waals surface area contributed by atoms with Gasteiger partial charge in [-0.05, 0) is 12.8 Å². The smallest absolute Gasteiger partial charge is 0.270 e. The van der Waals surface area contributed by atoms with Gasteiger partial charge in [0.15, 0.2) is 24.7 Å². The molecule has 0 fully saturated rings. The molecule has 0 amide bonds. The van der Waals surface area contributed by atoms with Crippen molar-refractivity contribution in [2.75, 3.05) is 19.0 Å². The monoisotopic (exact) mass is 401 g/mol. The first-order valence-corrected chi connectivity index (χ1v) is 8.98. The van der Waals surface area contributed by atoms with Crippen LogP contribution in [0.25, 0.3) is 0 Å². The zero-order valence-corrected chi connectivity index (χ0v) is 14.5. The van der Waals surface area contributed by atoms with Crippen LogP contribution in [-0.4, -0.2) is 58.3 Å². The summed E-state index contributed by atoms with van der Waals surface area (Å²) in [5, 5.41) is 0. The van der Waals surface area contributed by atoms with E-state index in [9.17, 15) is 34.8 Å². The molecule has 0 radical (unpaired) electrons. The number of rotatable bonds is 14. The molecule has 0 saturated carbocycles. The second-order valence-electron chi connectivity index (χ2n) is 5.20. The molecule has 11 heteroatoms. The van der Waals surface area contributed by atoms with E-state index in [1.807, 2.05) is 0 Å². The summed E-state index contributed by atoms with van der Waals surface area (Å²) in [7, 11) is -4.49. The molecule has 25 heavy (non-hydrogen) atoms. The van der Waals surface area contributed by atoms with E-state index in [0.717, 1.165) is 6.08 Å². The van der Waals surface area contributed by atoms with Crippen molar-refractivity contribution in [1.29, 1.82) is 0 Å². The van der Waals surface area contributed by atoms with E-state index in [0.29, 0.717) is 0 Å². The topological polar surface area (TPSA) is 78.4 Å². The minimum Gasteiger partial charge on any atom is -0.344 e. The van der Waals surface area contributed by atoms with Crippen molar-refractivity contribution < 1.29 is 38.9 Å². The van der Waals surface area contributed by atoms with Crippen LogP contribution in [0.4, 0.5) is 26.3 Å². The van der Waals surface area contributed by atoms with Crippen molar-refractivity contribution in [1.82, 2.24) is 6.15 Å². The van der Waals surface area contributed by atoms with E-state index < -0.39 is 66.4 Å². The molecular formula is C14H25F6NO3S. The average Bonchev–Trinajstić information content (AvgIpc) is 2.54. The largest absolute Gasteiger partial charge is 0.344 e. The van der Waals surface area contributed by atoms with Gasteiger partial charge in [0.2, 0.25) is 0 Å². The maximum Gasteiger partial charge on any atom is 0.270 e. The molecule has 0 bridgehead atoms. The zero-order chi connectivity index (χ0) is 18.8. The highest BCUT2D eigenvalue weighted by molar-refractivity contribution is 7.86. The standard InChI is InChI=1S/C14H22F6O3S.H3N/c1-2-8-23-24(21,22)9-11(17)13(19)14(20)12(18)10(16)6-4-3-5-7-15;/h2,10-14H,1,3-9H2;1H3. The number of hydrogen-bond acceptors (Lipinski definition) is 4. The Kier molecular flexibility index (Phi) is 14.2. The lowest BCUT2D eigenvalue weighted by Crippen LogP contribution is -2.42. The van der Waals surface area contributed by atoms with Crippen molar-refractivity contribution in [2.45, 2.75) is 56.5 Å². The summed E-state index contributed by atoms with van der Waals surface area (Å²) in [6.45, 7) is 2.05. The Morgan fingerprint density at radius 1 is 0.920 bits per heavy atom. The van der Waals surface area contributed by atoms with Crippen LogP contribution in [0.3, 0.4) is 0 Å². The molecule has 0 spiro atoms. The highest BCUT2D eigenvalue weighted by Gasteiger charge is 2.41. The molecule has 0 saturated heterocycles. The predicted octanol–water partition coefficient (Wildman–Crippen LogP) is 3.90. The normalized spacial score (nSPS) is 17.8. The maximum absolute atomic E-state index is 13.6. The van der Waals surface area contributed by atoms with Crippen LogP contribution in [0.5, 0.6) is 0 Å². The highest BCUT2D eigenvalue weighted by atomic mass is 32.2.